The summed E-state index contributed by atoms with van der Waals surface area (Å²) in [4.78, 5) is 10.8. The van der Waals surface area contributed by atoms with Gasteiger partial charge in [0.15, 0.2) is 0 Å². The average Bonchev–Trinajstić information content (AvgIpc) is 2.38. The molecule has 2 rings (SSSR count). The number of hydrogen-bond acceptors (Lipinski definition) is 2. The van der Waals surface area contributed by atoms with Crippen molar-refractivity contribution in [2.45, 2.75) is 0 Å². The SMILES string of the molecule is O=C(O)c1cccc(/C=C\c2ccc(O)cc2)c1. The maximum absolute atomic E-state index is 10.8. The van der Waals surface area contributed by atoms with Crippen LogP contribution in [-0.4, -0.2) is 16.2 Å². The molecule has 0 aliphatic carbocycles. The molecule has 0 fully saturated rings. The van der Waals surface area contributed by atoms with Gasteiger partial charge in [0.05, 0.1) is 5.56 Å². The van der Waals surface area contributed by atoms with Gasteiger partial charge in [0, 0.05) is 0 Å². The molecule has 0 radical (unpaired) electrons. The zero-order valence-corrected chi connectivity index (χ0v) is 9.58. The van der Waals surface area contributed by atoms with Crippen molar-refractivity contribution >= 4 is 18.1 Å². The fourth-order valence-electron chi connectivity index (χ4n) is 1.55. The second kappa shape index (κ2) is 5.19. The Morgan fingerprint density at radius 3 is 2.28 bits per heavy atom. The quantitative estimate of drug-likeness (QED) is 0.809. The van der Waals surface area contributed by atoms with Gasteiger partial charge >= 0.3 is 5.97 Å². The molecule has 0 atom stereocenters. The van der Waals surface area contributed by atoms with Gasteiger partial charge in [-0.2, -0.15) is 0 Å². The molecule has 2 N–H and O–H groups in total. The zero-order valence-electron chi connectivity index (χ0n) is 9.58. The number of carbonyl (C=O) groups is 1. The van der Waals surface area contributed by atoms with E-state index in [9.17, 15) is 4.79 Å². The Hall–Kier alpha value is -2.55. The van der Waals surface area contributed by atoms with Crippen molar-refractivity contribution in [1.82, 2.24) is 0 Å². The molecular weight excluding hydrogens is 228 g/mol. The Balaban J connectivity index is 2.20. The van der Waals surface area contributed by atoms with Crippen molar-refractivity contribution in [2.75, 3.05) is 0 Å². The van der Waals surface area contributed by atoms with Gasteiger partial charge in [-0.25, -0.2) is 4.79 Å². The molecule has 0 aliphatic rings. The van der Waals surface area contributed by atoms with Gasteiger partial charge in [0.25, 0.3) is 0 Å². The molecule has 0 saturated carbocycles. The van der Waals surface area contributed by atoms with Crippen LogP contribution in [0.2, 0.25) is 0 Å². The van der Waals surface area contributed by atoms with Crippen LogP contribution in [0, 0.1) is 0 Å². The minimum Gasteiger partial charge on any atom is -0.508 e. The van der Waals surface area contributed by atoms with Gasteiger partial charge in [-0.3, -0.25) is 0 Å². The van der Waals surface area contributed by atoms with E-state index >= 15 is 0 Å². The summed E-state index contributed by atoms with van der Waals surface area (Å²) < 4.78 is 0. The largest absolute Gasteiger partial charge is 0.508 e. The maximum Gasteiger partial charge on any atom is 0.335 e. The van der Waals surface area contributed by atoms with E-state index in [0.29, 0.717) is 0 Å². The summed E-state index contributed by atoms with van der Waals surface area (Å²) in [6, 6.07) is 13.5. The van der Waals surface area contributed by atoms with E-state index in [1.807, 2.05) is 18.2 Å². The normalized spacial score (nSPS) is 10.7. The first-order valence-electron chi connectivity index (χ1n) is 5.45. The standard InChI is InChI=1S/C15H12O3/c16-14-8-6-11(7-9-14)4-5-12-2-1-3-13(10-12)15(17)18/h1-10,16H,(H,17,18)/b5-4-. The molecule has 2 aromatic rings. The van der Waals surface area contributed by atoms with Gasteiger partial charge in [-0.05, 0) is 35.4 Å². The molecule has 0 saturated heterocycles. The molecule has 0 unspecified atom stereocenters. The van der Waals surface area contributed by atoms with E-state index in [0.717, 1.165) is 11.1 Å². The minimum absolute atomic E-state index is 0.222. The van der Waals surface area contributed by atoms with E-state index in [2.05, 4.69) is 0 Å². The summed E-state index contributed by atoms with van der Waals surface area (Å²) in [6.07, 6.45) is 3.69. The second-order valence-corrected chi connectivity index (χ2v) is 3.86. The Morgan fingerprint density at radius 2 is 1.61 bits per heavy atom. The fourth-order valence-corrected chi connectivity index (χ4v) is 1.55. The highest BCUT2D eigenvalue weighted by Gasteiger charge is 2.00. The number of aromatic carboxylic acids is 1. The van der Waals surface area contributed by atoms with Crippen molar-refractivity contribution < 1.29 is 15.0 Å². The van der Waals surface area contributed by atoms with Gasteiger partial charge in [0.2, 0.25) is 0 Å². The molecule has 0 aliphatic heterocycles. The predicted octanol–water partition coefficient (Wildman–Crippen LogP) is 3.26. The third kappa shape index (κ3) is 2.98. The molecule has 0 aromatic heterocycles. The number of hydrogen-bond donors (Lipinski definition) is 2. The lowest BCUT2D eigenvalue weighted by atomic mass is 10.1. The molecule has 2 aromatic carbocycles. The Labute approximate surface area is 105 Å². The third-order valence-electron chi connectivity index (χ3n) is 2.49. The van der Waals surface area contributed by atoms with E-state index in [-0.39, 0.29) is 11.3 Å². The minimum atomic E-state index is -0.935. The van der Waals surface area contributed by atoms with Crippen LogP contribution in [0.3, 0.4) is 0 Å². The van der Waals surface area contributed by atoms with E-state index < -0.39 is 5.97 Å². The summed E-state index contributed by atoms with van der Waals surface area (Å²) in [5, 5.41) is 18.0. The molecule has 0 spiro atoms. The first kappa shape index (κ1) is 11.9. The van der Waals surface area contributed by atoms with Crippen LogP contribution in [0.15, 0.2) is 48.5 Å². The summed E-state index contributed by atoms with van der Waals surface area (Å²) in [7, 11) is 0. The van der Waals surface area contributed by atoms with Gasteiger partial charge < -0.3 is 10.2 Å². The molecule has 18 heavy (non-hydrogen) atoms. The monoisotopic (exact) mass is 240 g/mol. The highest BCUT2D eigenvalue weighted by atomic mass is 16.4. The molecule has 3 heteroatoms. The van der Waals surface area contributed by atoms with Crippen LogP contribution in [-0.2, 0) is 0 Å². The van der Waals surface area contributed by atoms with Crippen molar-refractivity contribution in [2.24, 2.45) is 0 Å². The molecule has 90 valence electrons. The summed E-state index contributed by atoms with van der Waals surface area (Å²) >= 11 is 0. The highest BCUT2D eigenvalue weighted by molar-refractivity contribution is 5.88. The number of carboxylic acid groups (broad SMARTS) is 1. The van der Waals surface area contributed by atoms with E-state index in [1.54, 1.807) is 42.5 Å². The predicted molar refractivity (Wildman–Crippen MR) is 70.4 cm³/mol. The number of aromatic hydroxyl groups is 1. The molecule has 0 amide bonds. The molecule has 0 bridgehead atoms. The lowest BCUT2D eigenvalue weighted by Crippen LogP contribution is -1.95. The molecule has 3 nitrogen and oxygen atoms in total. The van der Waals surface area contributed by atoms with E-state index in [1.165, 1.54) is 0 Å². The van der Waals surface area contributed by atoms with Crippen LogP contribution < -0.4 is 0 Å². The van der Waals surface area contributed by atoms with Crippen LogP contribution in [0.5, 0.6) is 5.75 Å². The van der Waals surface area contributed by atoms with Crippen LogP contribution in [0.25, 0.3) is 12.2 Å². The summed E-state index contributed by atoms with van der Waals surface area (Å²) in [5.41, 5.74) is 2.03. The fraction of sp³-hybridized carbons (Fsp3) is 0. The first-order chi connectivity index (χ1) is 8.65. The first-order valence-corrected chi connectivity index (χ1v) is 5.45. The van der Waals surface area contributed by atoms with Gasteiger partial charge in [-0.1, -0.05) is 36.4 Å². The van der Waals surface area contributed by atoms with Crippen LogP contribution in [0.1, 0.15) is 21.5 Å². The van der Waals surface area contributed by atoms with E-state index in [4.69, 9.17) is 10.2 Å². The molecule has 0 heterocycles. The van der Waals surface area contributed by atoms with Crippen LogP contribution in [0.4, 0.5) is 0 Å². The van der Waals surface area contributed by atoms with Crippen molar-refractivity contribution in [3.05, 3.63) is 65.2 Å². The number of rotatable bonds is 3. The van der Waals surface area contributed by atoms with Crippen LogP contribution >= 0.6 is 0 Å². The van der Waals surface area contributed by atoms with Crippen molar-refractivity contribution in [3.63, 3.8) is 0 Å². The van der Waals surface area contributed by atoms with Gasteiger partial charge in [-0.15, -0.1) is 0 Å². The number of phenols is 1. The lowest BCUT2D eigenvalue weighted by molar-refractivity contribution is 0.0697. The lowest BCUT2D eigenvalue weighted by Gasteiger charge is -1.97. The molecular formula is C15H12O3. The van der Waals surface area contributed by atoms with Gasteiger partial charge in [0.1, 0.15) is 5.75 Å². The summed E-state index contributed by atoms with van der Waals surface area (Å²) in [5.74, 6) is -0.713. The highest BCUT2D eigenvalue weighted by Crippen LogP contribution is 2.13. The number of benzene rings is 2. The number of phenolic OH excluding ortho intramolecular Hbond substituents is 1. The topological polar surface area (TPSA) is 57.5 Å². The summed E-state index contributed by atoms with van der Waals surface area (Å²) in [6.45, 7) is 0. The average molecular weight is 240 g/mol. The Bertz CT molecular complexity index is 583. The second-order valence-electron chi connectivity index (χ2n) is 3.86. The van der Waals surface area contributed by atoms with Crippen molar-refractivity contribution in [3.8, 4) is 5.75 Å². The maximum atomic E-state index is 10.8. The Morgan fingerprint density at radius 1 is 0.944 bits per heavy atom. The third-order valence-corrected chi connectivity index (χ3v) is 2.49. The zero-order chi connectivity index (χ0) is 13.0. The number of carboxylic acids is 1. The van der Waals surface area contributed by atoms with Crippen molar-refractivity contribution in [1.29, 1.82) is 0 Å². The Kier molecular flexibility index (Phi) is 3.44. The smallest absolute Gasteiger partial charge is 0.335 e.